The average molecular weight is 237 g/mol. The van der Waals surface area contributed by atoms with Gasteiger partial charge in [-0.05, 0) is 24.3 Å². The fourth-order valence-corrected chi connectivity index (χ4v) is 2.02. The van der Waals surface area contributed by atoms with Crippen molar-refractivity contribution in [1.29, 1.82) is 0 Å². The maximum atomic E-state index is 10.8. The number of para-hydroxylation sites is 2. The van der Waals surface area contributed by atoms with Gasteiger partial charge in [-0.3, -0.25) is 4.79 Å². The van der Waals surface area contributed by atoms with Crippen molar-refractivity contribution in [1.82, 2.24) is 14.5 Å². The molecule has 2 heterocycles. The van der Waals surface area contributed by atoms with Crippen LogP contribution < -0.4 is 0 Å². The van der Waals surface area contributed by atoms with E-state index in [0.717, 1.165) is 23.1 Å². The minimum absolute atomic E-state index is 0.416. The summed E-state index contributed by atoms with van der Waals surface area (Å²) in [6.07, 6.45) is 0.742. The van der Waals surface area contributed by atoms with Crippen molar-refractivity contribution >= 4 is 17.3 Å². The highest BCUT2D eigenvalue weighted by molar-refractivity contribution is 5.80. The Morgan fingerprint density at radius 3 is 2.67 bits per heavy atom. The molecule has 88 valence electrons. The van der Waals surface area contributed by atoms with Gasteiger partial charge in [0.1, 0.15) is 11.4 Å². The van der Waals surface area contributed by atoms with Crippen molar-refractivity contribution in [3.63, 3.8) is 0 Å². The number of nitrogens with zero attached hydrogens (tertiary/aromatic N) is 3. The van der Waals surface area contributed by atoms with Gasteiger partial charge in [0.05, 0.1) is 11.0 Å². The van der Waals surface area contributed by atoms with Crippen LogP contribution in [0.1, 0.15) is 10.5 Å². The Kier molecular flexibility index (Phi) is 2.41. The summed E-state index contributed by atoms with van der Waals surface area (Å²) < 4.78 is 1.98. The molecule has 0 atom stereocenters. The molecule has 3 rings (SSSR count). The minimum atomic E-state index is 0.416. The first-order valence-electron chi connectivity index (χ1n) is 5.63. The highest BCUT2D eigenvalue weighted by Gasteiger charge is 2.10. The molecule has 0 unspecified atom stereocenters. The van der Waals surface area contributed by atoms with Crippen molar-refractivity contribution in [2.75, 3.05) is 0 Å². The van der Waals surface area contributed by atoms with E-state index in [-0.39, 0.29) is 0 Å². The van der Waals surface area contributed by atoms with Gasteiger partial charge in [-0.2, -0.15) is 0 Å². The Balaban J connectivity index is 2.24. The third kappa shape index (κ3) is 1.59. The van der Waals surface area contributed by atoms with E-state index >= 15 is 0 Å². The molecule has 18 heavy (non-hydrogen) atoms. The van der Waals surface area contributed by atoms with Gasteiger partial charge in [0.25, 0.3) is 0 Å². The molecule has 2 aromatic heterocycles. The topological polar surface area (TPSA) is 47.8 Å². The van der Waals surface area contributed by atoms with Crippen molar-refractivity contribution in [2.45, 2.75) is 0 Å². The third-order valence-electron chi connectivity index (χ3n) is 2.91. The average Bonchev–Trinajstić information content (AvgIpc) is 2.77. The number of fused-ring (bicyclic) bond motifs is 1. The lowest BCUT2D eigenvalue weighted by atomic mass is 10.3. The van der Waals surface area contributed by atoms with Crippen LogP contribution in [-0.4, -0.2) is 20.8 Å². The second-order valence-corrected chi connectivity index (χ2v) is 4.05. The molecular formula is C14H11N3O. The van der Waals surface area contributed by atoms with Crippen molar-refractivity contribution in [2.24, 2.45) is 7.05 Å². The number of aryl methyl sites for hydroxylation is 1. The summed E-state index contributed by atoms with van der Waals surface area (Å²) in [5.41, 5.74) is 3.09. The summed E-state index contributed by atoms with van der Waals surface area (Å²) >= 11 is 0. The van der Waals surface area contributed by atoms with E-state index in [1.54, 1.807) is 6.07 Å². The third-order valence-corrected chi connectivity index (χ3v) is 2.91. The van der Waals surface area contributed by atoms with Crippen LogP contribution in [0.2, 0.25) is 0 Å². The van der Waals surface area contributed by atoms with Gasteiger partial charge in [0.2, 0.25) is 0 Å². The van der Waals surface area contributed by atoms with E-state index in [1.807, 2.05) is 48.0 Å². The Bertz CT molecular complexity index is 731. The standard InChI is InChI=1S/C14H11N3O/c1-17-13-8-3-2-6-11(13)16-14(17)12-7-4-5-10(9-18)15-12/h2-9H,1H3. The maximum absolute atomic E-state index is 10.8. The molecule has 4 heteroatoms. The lowest BCUT2D eigenvalue weighted by molar-refractivity contribution is 0.111. The lowest BCUT2D eigenvalue weighted by Gasteiger charge is -2.01. The zero-order valence-corrected chi connectivity index (χ0v) is 9.87. The Labute approximate surface area is 104 Å². The van der Waals surface area contributed by atoms with E-state index in [1.165, 1.54) is 0 Å². The Hall–Kier alpha value is -2.49. The van der Waals surface area contributed by atoms with Crippen LogP contribution in [0.4, 0.5) is 0 Å². The SMILES string of the molecule is Cn1c(-c2cccc(C=O)n2)nc2ccccc21. The molecule has 3 aromatic rings. The van der Waals surface area contributed by atoms with E-state index in [4.69, 9.17) is 0 Å². The van der Waals surface area contributed by atoms with E-state index in [9.17, 15) is 4.79 Å². The number of imidazole rings is 1. The number of carbonyl (C=O) groups excluding carboxylic acids is 1. The molecule has 0 spiro atoms. The molecule has 0 aliphatic carbocycles. The molecule has 0 aliphatic heterocycles. The molecule has 1 aromatic carbocycles. The second kappa shape index (κ2) is 4.07. The highest BCUT2D eigenvalue weighted by atomic mass is 16.1. The molecule has 0 radical (unpaired) electrons. The lowest BCUT2D eigenvalue weighted by Crippen LogP contribution is -1.96. The second-order valence-electron chi connectivity index (χ2n) is 4.05. The Morgan fingerprint density at radius 2 is 1.89 bits per heavy atom. The van der Waals surface area contributed by atoms with Crippen molar-refractivity contribution in [3.8, 4) is 11.5 Å². The monoisotopic (exact) mass is 237 g/mol. The summed E-state index contributed by atoms with van der Waals surface area (Å²) in [5, 5.41) is 0. The smallest absolute Gasteiger partial charge is 0.168 e. The molecule has 0 saturated carbocycles. The number of carbonyl (C=O) groups is 1. The fourth-order valence-electron chi connectivity index (χ4n) is 2.02. The van der Waals surface area contributed by atoms with E-state index in [2.05, 4.69) is 9.97 Å². The van der Waals surface area contributed by atoms with Crippen LogP contribution in [0.15, 0.2) is 42.5 Å². The van der Waals surface area contributed by atoms with E-state index < -0.39 is 0 Å². The van der Waals surface area contributed by atoms with Crippen molar-refractivity contribution < 1.29 is 4.79 Å². The van der Waals surface area contributed by atoms with Crippen LogP contribution in [0.3, 0.4) is 0 Å². The largest absolute Gasteiger partial charge is 0.326 e. The maximum Gasteiger partial charge on any atom is 0.168 e. The van der Waals surface area contributed by atoms with Crippen LogP contribution >= 0.6 is 0 Å². The summed E-state index contributed by atoms with van der Waals surface area (Å²) in [7, 11) is 1.94. The normalized spacial score (nSPS) is 10.7. The zero-order valence-electron chi connectivity index (χ0n) is 9.87. The number of aldehydes is 1. The van der Waals surface area contributed by atoms with Crippen LogP contribution in [0, 0.1) is 0 Å². The number of aromatic nitrogens is 3. The quantitative estimate of drug-likeness (QED) is 0.643. The molecule has 0 saturated heterocycles. The minimum Gasteiger partial charge on any atom is -0.326 e. The van der Waals surface area contributed by atoms with Crippen molar-refractivity contribution in [3.05, 3.63) is 48.2 Å². The first-order valence-corrected chi connectivity index (χ1v) is 5.63. The number of hydrogen-bond acceptors (Lipinski definition) is 3. The number of hydrogen-bond donors (Lipinski definition) is 0. The summed E-state index contributed by atoms with van der Waals surface area (Å²) in [5.74, 6) is 0.764. The van der Waals surface area contributed by atoms with E-state index in [0.29, 0.717) is 11.4 Å². The van der Waals surface area contributed by atoms with Gasteiger partial charge in [0.15, 0.2) is 12.1 Å². The van der Waals surface area contributed by atoms with Crippen LogP contribution in [0.5, 0.6) is 0 Å². The molecule has 0 bridgehead atoms. The van der Waals surface area contributed by atoms with Gasteiger partial charge in [-0.1, -0.05) is 18.2 Å². The number of pyridine rings is 1. The summed E-state index contributed by atoms with van der Waals surface area (Å²) in [4.78, 5) is 19.6. The number of rotatable bonds is 2. The molecule has 0 amide bonds. The van der Waals surface area contributed by atoms with Crippen LogP contribution in [0.25, 0.3) is 22.6 Å². The van der Waals surface area contributed by atoms with Gasteiger partial charge in [0, 0.05) is 7.05 Å². The fraction of sp³-hybridized carbons (Fsp3) is 0.0714. The summed E-state index contributed by atoms with van der Waals surface area (Å²) in [6.45, 7) is 0. The highest BCUT2D eigenvalue weighted by Crippen LogP contribution is 2.21. The van der Waals surface area contributed by atoms with Gasteiger partial charge >= 0.3 is 0 Å². The van der Waals surface area contributed by atoms with Gasteiger partial charge in [-0.15, -0.1) is 0 Å². The Morgan fingerprint density at radius 1 is 1.06 bits per heavy atom. The molecule has 4 nitrogen and oxygen atoms in total. The predicted octanol–water partition coefficient (Wildman–Crippen LogP) is 2.45. The first-order chi connectivity index (χ1) is 8.79. The molecular weight excluding hydrogens is 226 g/mol. The van der Waals surface area contributed by atoms with Gasteiger partial charge in [-0.25, -0.2) is 9.97 Å². The summed E-state index contributed by atoms with van der Waals surface area (Å²) in [6, 6.07) is 13.2. The molecule has 0 N–H and O–H groups in total. The molecule has 0 fully saturated rings. The molecule has 0 aliphatic rings. The zero-order chi connectivity index (χ0) is 12.5. The predicted molar refractivity (Wildman–Crippen MR) is 69.3 cm³/mol. The van der Waals surface area contributed by atoms with Gasteiger partial charge < -0.3 is 4.57 Å². The van der Waals surface area contributed by atoms with Crippen LogP contribution in [-0.2, 0) is 7.05 Å². The first kappa shape index (κ1) is 10.7. The number of benzene rings is 1.